The first-order valence-corrected chi connectivity index (χ1v) is 11.1. The summed E-state index contributed by atoms with van der Waals surface area (Å²) in [4.78, 5) is 37.0. The zero-order valence-electron chi connectivity index (χ0n) is 18.0. The molecule has 3 aromatic rings. The Morgan fingerprint density at radius 1 is 1.21 bits per heavy atom. The Bertz CT molecular complexity index is 1250. The van der Waals surface area contributed by atoms with Gasteiger partial charge in [-0.2, -0.15) is 0 Å². The van der Waals surface area contributed by atoms with Crippen molar-refractivity contribution in [3.05, 3.63) is 80.4 Å². The normalized spacial score (nSPS) is 15.9. The molecule has 2 aromatic carbocycles. The zero-order chi connectivity index (χ0) is 23.5. The molecule has 168 valence electrons. The van der Waals surface area contributed by atoms with Gasteiger partial charge in [0.1, 0.15) is 5.01 Å². The van der Waals surface area contributed by atoms with Crippen molar-refractivity contribution < 1.29 is 14.5 Å². The number of nitro benzene ring substituents is 1. The third-order valence-corrected chi connectivity index (χ3v) is 6.17. The lowest BCUT2D eigenvalue weighted by molar-refractivity contribution is -0.384. The summed E-state index contributed by atoms with van der Waals surface area (Å²) < 4.78 is 0. The third-order valence-electron chi connectivity index (χ3n) is 5.17. The maximum Gasteiger partial charge on any atom is 0.270 e. The van der Waals surface area contributed by atoms with Crippen molar-refractivity contribution in [2.45, 2.75) is 26.2 Å². The summed E-state index contributed by atoms with van der Waals surface area (Å²) in [5.41, 5.74) is 3.56. The smallest absolute Gasteiger partial charge is 0.270 e. The van der Waals surface area contributed by atoms with E-state index in [9.17, 15) is 19.7 Å². The van der Waals surface area contributed by atoms with Gasteiger partial charge in [-0.3, -0.25) is 25.0 Å². The van der Waals surface area contributed by atoms with Crippen LogP contribution in [-0.4, -0.2) is 33.5 Å². The molecule has 1 aliphatic rings. The van der Waals surface area contributed by atoms with Crippen molar-refractivity contribution in [2.75, 3.05) is 16.8 Å². The molecule has 1 unspecified atom stereocenters. The molecule has 0 saturated carbocycles. The Kier molecular flexibility index (Phi) is 6.27. The fourth-order valence-electron chi connectivity index (χ4n) is 3.74. The molecule has 10 heteroatoms. The van der Waals surface area contributed by atoms with Gasteiger partial charge in [-0.1, -0.05) is 29.5 Å². The Morgan fingerprint density at radius 2 is 1.97 bits per heavy atom. The highest BCUT2D eigenvalue weighted by molar-refractivity contribution is 7.15. The van der Waals surface area contributed by atoms with Crippen LogP contribution in [0.25, 0.3) is 6.08 Å². The molecule has 1 aromatic heterocycles. The van der Waals surface area contributed by atoms with E-state index >= 15 is 0 Å². The summed E-state index contributed by atoms with van der Waals surface area (Å²) in [5, 5.41) is 22.7. The van der Waals surface area contributed by atoms with Crippen molar-refractivity contribution >= 4 is 45.7 Å². The summed E-state index contributed by atoms with van der Waals surface area (Å²) in [6.07, 6.45) is 3.10. The first-order chi connectivity index (χ1) is 15.8. The standard InChI is InChI=1S/C23H21N5O4S/c1-14-8-15(2)10-19(9-14)27-13-17(12-21(27)30)22-25-26-23(33-22)24-20(29)7-6-16-4-3-5-18(11-16)28(31)32/h3-11,17H,12-13H2,1-2H3,(H,24,26,29)/b7-6+. The molecule has 4 rings (SSSR count). The first-order valence-electron chi connectivity index (χ1n) is 10.2. The largest absolute Gasteiger partial charge is 0.312 e. The zero-order valence-corrected chi connectivity index (χ0v) is 18.8. The molecular weight excluding hydrogens is 442 g/mol. The van der Waals surface area contributed by atoms with Crippen LogP contribution in [0.2, 0.25) is 0 Å². The molecule has 0 radical (unpaired) electrons. The molecule has 33 heavy (non-hydrogen) atoms. The highest BCUT2D eigenvalue weighted by Gasteiger charge is 2.34. The molecular formula is C23H21N5O4S. The van der Waals surface area contributed by atoms with Gasteiger partial charge in [-0.05, 0) is 48.7 Å². The first kappa shape index (κ1) is 22.3. The van der Waals surface area contributed by atoms with E-state index in [1.165, 1.54) is 35.6 Å². The quantitative estimate of drug-likeness (QED) is 0.332. The second kappa shape index (κ2) is 9.29. The maximum atomic E-state index is 12.6. The van der Waals surface area contributed by atoms with Gasteiger partial charge in [0, 0.05) is 42.8 Å². The Morgan fingerprint density at radius 3 is 2.70 bits per heavy atom. The lowest BCUT2D eigenvalue weighted by Crippen LogP contribution is -2.24. The van der Waals surface area contributed by atoms with Crippen molar-refractivity contribution in [2.24, 2.45) is 0 Å². The number of nitro groups is 1. The number of anilines is 2. The van der Waals surface area contributed by atoms with Crippen LogP contribution < -0.4 is 10.2 Å². The molecule has 0 spiro atoms. The predicted molar refractivity (Wildman–Crippen MR) is 126 cm³/mol. The minimum absolute atomic E-state index is 0.0330. The lowest BCUT2D eigenvalue weighted by Gasteiger charge is -2.17. The van der Waals surface area contributed by atoms with Crippen molar-refractivity contribution in [1.29, 1.82) is 0 Å². The van der Waals surface area contributed by atoms with Gasteiger partial charge in [-0.15, -0.1) is 10.2 Å². The summed E-state index contributed by atoms with van der Waals surface area (Å²) in [6, 6.07) is 12.0. The molecule has 0 bridgehead atoms. The van der Waals surface area contributed by atoms with Crippen LogP contribution in [0.1, 0.15) is 34.0 Å². The highest BCUT2D eigenvalue weighted by Crippen LogP contribution is 2.34. The van der Waals surface area contributed by atoms with E-state index in [1.54, 1.807) is 17.0 Å². The fourth-order valence-corrected chi connectivity index (χ4v) is 4.58. The van der Waals surface area contributed by atoms with Crippen LogP contribution in [0.4, 0.5) is 16.5 Å². The molecule has 1 aliphatic heterocycles. The molecule has 0 aliphatic carbocycles. The van der Waals surface area contributed by atoms with Crippen LogP contribution in [0.3, 0.4) is 0 Å². The van der Waals surface area contributed by atoms with Gasteiger partial charge >= 0.3 is 0 Å². The molecule has 1 saturated heterocycles. The Balaban J connectivity index is 1.40. The monoisotopic (exact) mass is 463 g/mol. The molecule has 2 amide bonds. The molecule has 1 atom stereocenters. The number of amides is 2. The van der Waals surface area contributed by atoms with E-state index in [0.717, 1.165) is 16.8 Å². The van der Waals surface area contributed by atoms with Crippen molar-refractivity contribution in [3.8, 4) is 0 Å². The van der Waals surface area contributed by atoms with Crippen LogP contribution in [0, 0.1) is 24.0 Å². The van der Waals surface area contributed by atoms with Crippen molar-refractivity contribution in [1.82, 2.24) is 10.2 Å². The molecule has 1 N–H and O–H groups in total. The summed E-state index contributed by atoms with van der Waals surface area (Å²) in [5.74, 6) is -0.490. The predicted octanol–water partition coefficient (Wildman–Crippen LogP) is 4.24. The summed E-state index contributed by atoms with van der Waals surface area (Å²) in [7, 11) is 0. The molecule has 2 heterocycles. The second-order valence-electron chi connectivity index (χ2n) is 7.87. The number of benzene rings is 2. The average Bonchev–Trinajstić information content (AvgIpc) is 3.38. The minimum atomic E-state index is -0.491. The van der Waals surface area contributed by atoms with Crippen LogP contribution in [0.5, 0.6) is 0 Å². The highest BCUT2D eigenvalue weighted by atomic mass is 32.1. The van der Waals surface area contributed by atoms with E-state index in [4.69, 9.17) is 0 Å². The molecule has 1 fully saturated rings. The molecule has 9 nitrogen and oxygen atoms in total. The maximum absolute atomic E-state index is 12.6. The van der Waals surface area contributed by atoms with E-state index < -0.39 is 10.8 Å². The summed E-state index contributed by atoms with van der Waals surface area (Å²) in [6.45, 7) is 4.51. The van der Waals surface area contributed by atoms with Gasteiger partial charge in [0.15, 0.2) is 0 Å². The minimum Gasteiger partial charge on any atom is -0.312 e. The SMILES string of the molecule is Cc1cc(C)cc(N2CC(c3nnc(NC(=O)/C=C/c4cccc([N+](=O)[O-])c4)s3)CC2=O)c1. The van der Waals surface area contributed by atoms with Crippen molar-refractivity contribution in [3.63, 3.8) is 0 Å². The topological polar surface area (TPSA) is 118 Å². The van der Waals surface area contributed by atoms with E-state index in [-0.39, 0.29) is 17.5 Å². The fraction of sp³-hybridized carbons (Fsp3) is 0.217. The second-order valence-corrected chi connectivity index (χ2v) is 8.88. The van der Waals surface area contributed by atoms with Gasteiger partial charge in [0.05, 0.1) is 4.92 Å². The number of non-ortho nitro benzene ring substituents is 1. The van der Waals surface area contributed by atoms with Gasteiger partial charge in [-0.25, -0.2) is 0 Å². The summed E-state index contributed by atoms with van der Waals surface area (Å²) >= 11 is 1.24. The Labute approximate surface area is 193 Å². The van der Waals surface area contributed by atoms with Crippen LogP contribution in [0.15, 0.2) is 48.5 Å². The number of rotatable bonds is 6. The number of carbonyl (C=O) groups excluding carboxylic acids is 2. The van der Waals surface area contributed by atoms with E-state index in [1.807, 2.05) is 26.0 Å². The lowest BCUT2D eigenvalue weighted by atomic mass is 10.1. The van der Waals surface area contributed by atoms with Gasteiger partial charge in [0.25, 0.3) is 5.69 Å². The van der Waals surface area contributed by atoms with Crippen LogP contribution >= 0.6 is 11.3 Å². The number of hydrogen-bond donors (Lipinski definition) is 1. The number of aryl methyl sites for hydroxylation is 2. The third kappa shape index (κ3) is 5.29. The van der Waals surface area contributed by atoms with Gasteiger partial charge in [0.2, 0.25) is 16.9 Å². The number of hydrogen-bond acceptors (Lipinski definition) is 7. The van der Waals surface area contributed by atoms with E-state index in [0.29, 0.717) is 28.7 Å². The number of nitrogens with zero attached hydrogens (tertiary/aromatic N) is 4. The van der Waals surface area contributed by atoms with E-state index in [2.05, 4.69) is 21.6 Å². The Hall–Kier alpha value is -3.92. The number of aromatic nitrogens is 2. The number of carbonyl (C=O) groups is 2. The average molecular weight is 464 g/mol. The van der Waals surface area contributed by atoms with Gasteiger partial charge < -0.3 is 4.90 Å². The number of nitrogens with one attached hydrogen (secondary N) is 1. The van der Waals surface area contributed by atoms with Crippen LogP contribution in [-0.2, 0) is 9.59 Å².